The molecule has 1 aromatic carbocycles. The van der Waals surface area contributed by atoms with Gasteiger partial charge in [0.25, 0.3) is 0 Å². The summed E-state index contributed by atoms with van der Waals surface area (Å²) in [6, 6.07) is 6.59. The van der Waals surface area contributed by atoms with Gasteiger partial charge < -0.3 is 4.90 Å². The van der Waals surface area contributed by atoms with Crippen molar-refractivity contribution in [3.05, 3.63) is 47.2 Å². The fourth-order valence-corrected chi connectivity index (χ4v) is 2.75. The minimum absolute atomic E-state index is 1.06. The molecule has 2 rings (SSSR count). The van der Waals surface area contributed by atoms with Gasteiger partial charge in [-0.3, -0.25) is 0 Å². The Morgan fingerprint density at radius 2 is 1.89 bits per heavy atom. The van der Waals surface area contributed by atoms with Gasteiger partial charge in [0.05, 0.1) is 0 Å². The molecule has 0 fully saturated rings. The van der Waals surface area contributed by atoms with E-state index in [0.717, 1.165) is 25.8 Å². The van der Waals surface area contributed by atoms with E-state index in [0.29, 0.717) is 0 Å². The van der Waals surface area contributed by atoms with Crippen molar-refractivity contribution in [2.75, 3.05) is 6.54 Å². The molecule has 0 N–H and O–H groups in total. The topological polar surface area (TPSA) is 3.24 Å². The van der Waals surface area contributed by atoms with Crippen molar-refractivity contribution in [3.63, 3.8) is 0 Å². The maximum absolute atomic E-state index is 4.35. The van der Waals surface area contributed by atoms with Crippen molar-refractivity contribution in [2.45, 2.75) is 40.0 Å². The van der Waals surface area contributed by atoms with Crippen molar-refractivity contribution in [3.8, 4) is 0 Å². The molecule has 1 heteroatoms. The highest BCUT2D eigenvalue weighted by molar-refractivity contribution is 5.80. The molecule has 0 unspecified atom stereocenters. The molecule has 1 heterocycles. The summed E-state index contributed by atoms with van der Waals surface area (Å²) in [6.07, 6.45) is 5.62. The number of rotatable bonds is 4. The monoisotopic (exact) mass is 241 g/mol. The zero-order valence-electron chi connectivity index (χ0n) is 11.8. The van der Waals surface area contributed by atoms with E-state index in [2.05, 4.69) is 56.5 Å². The summed E-state index contributed by atoms with van der Waals surface area (Å²) in [5.41, 5.74) is 6.67. The maximum atomic E-state index is 4.35. The Morgan fingerprint density at radius 1 is 1.11 bits per heavy atom. The van der Waals surface area contributed by atoms with Gasteiger partial charge >= 0.3 is 0 Å². The molecule has 1 aliphatic rings. The van der Waals surface area contributed by atoms with Crippen LogP contribution in [-0.2, 0) is 6.42 Å². The van der Waals surface area contributed by atoms with Crippen LogP contribution in [0.4, 0.5) is 0 Å². The molecule has 0 amide bonds. The number of nitrogens with zero attached hydrogens (tertiary/aromatic N) is 1. The zero-order valence-corrected chi connectivity index (χ0v) is 11.8. The van der Waals surface area contributed by atoms with E-state index in [-0.39, 0.29) is 0 Å². The maximum Gasteiger partial charge on any atom is 0.0417 e. The van der Waals surface area contributed by atoms with Crippen molar-refractivity contribution >= 4 is 11.8 Å². The first-order valence-corrected chi connectivity index (χ1v) is 7.02. The Balaban J connectivity index is 2.54. The molecule has 0 radical (unpaired) electrons. The number of benzene rings is 1. The van der Waals surface area contributed by atoms with Crippen molar-refractivity contribution in [1.82, 2.24) is 4.90 Å². The highest BCUT2D eigenvalue weighted by Gasteiger charge is 2.21. The average Bonchev–Trinajstić information content (AvgIpc) is 2.41. The van der Waals surface area contributed by atoms with Crippen LogP contribution < -0.4 is 0 Å². The second-order valence-electron chi connectivity index (χ2n) is 4.82. The van der Waals surface area contributed by atoms with E-state index in [1.807, 2.05) is 0 Å². The van der Waals surface area contributed by atoms with Crippen LogP contribution in [-0.4, -0.2) is 11.4 Å². The number of hydrogen-bond acceptors (Lipinski definition) is 1. The summed E-state index contributed by atoms with van der Waals surface area (Å²) in [6.45, 7) is 12.1. The van der Waals surface area contributed by atoms with Crippen molar-refractivity contribution < 1.29 is 0 Å². The Morgan fingerprint density at radius 3 is 2.50 bits per heavy atom. The lowest BCUT2D eigenvalue weighted by molar-refractivity contribution is 0.471. The van der Waals surface area contributed by atoms with Crippen molar-refractivity contribution in [1.29, 1.82) is 0 Å². The number of hydrogen-bond donors (Lipinski definition) is 0. The van der Waals surface area contributed by atoms with E-state index in [4.69, 9.17) is 0 Å². The summed E-state index contributed by atoms with van der Waals surface area (Å²) >= 11 is 0. The van der Waals surface area contributed by atoms with Crippen LogP contribution in [0, 0.1) is 0 Å². The van der Waals surface area contributed by atoms with E-state index in [1.165, 1.54) is 28.1 Å². The molecule has 0 atom stereocenters. The fourth-order valence-electron chi connectivity index (χ4n) is 2.75. The lowest BCUT2D eigenvalue weighted by Gasteiger charge is -2.34. The Kier molecular flexibility index (Phi) is 3.90. The van der Waals surface area contributed by atoms with Crippen LogP contribution in [0.3, 0.4) is 0 Å². The summed E-state index contributed by atoms with van der Waals surface area (Å²) < 4.78 is 0. The average molecular weight is 241 g/mol. The molecule has 0 saturated heterocycles. The van der Waals surface area contributed by atoms with Gasteiger partial charge in [0.1, 0.15) is 0 Å². The van der Waals surface area contributed by atoms with Gasteiger partial charge in [-0.2, -0.15) is 0 Å². The van der Waals surface area contributed by atoms with Crippen LogP contribution in [0.15, 0.2) is 30.5 Å². The predicted octanol–water partition coefficient (Wildman–Crippen LogP) is 4.70. The second kappa shape index (κ2) is 5.43. The third-order valence-corrected chi connectivity index (χ3v) is 3.66. The largest absolute Gasteiger partial charge is 0.345 e. The first kappa shape index (κ1) is 12.9. The minimum Gasteiger partial charge on any atom is -0.345 e. The molecule has 96 valence electrons. The van der Waals surface area contributed by atoms with E-state index in [9.17, 15) is 0 Å². The molecule has 0 aliphatic carbocycles. The Hall–Kier alpha value is -1.50. The molecular weight excluding hydrogens is 218 g/mol. The first-order chi connectivity index (χ1) is 8.72. The molecule has 0 aromatic heterocycles. The summed E-state index contributed by atoms with van der Waals surface area (Å²) in [7, 11) is 0. The van der Waals surface area contributed by atoms with Gasteiger partial charge in [-0.25, -0.2) is 0 Å². The third kappa shape index (κ3) is 2.10. The fraction of sp³-hybridized carbons (Fsp3) is 0.412. The summed E-state index contributed by atoms with van der Waals surface area (Å²) in [4.78, 5) is 2.39. The molecule has 0 bridgehead atoms. The zero-order chi connectivity index (χ0) is 13.1. The molecule has 18 heavy (non-hydrogen) atoms. The molecule has 1 aromatic rings. The van der Waals surface area contributed by atoms with E-state index < -0.39 is 0 Å². The van der Waals surface area contributed by atoms with Crippen LogP contribution in [0.5, 0.6) is 0 Å². The van der Waals surface area contributed by atoms with E-state index in [1.54, 1.807) is 0 Å². The van der Waals surface area contributed by atoms with Gasteiger partial charge in [-0.1, -0.05) is 45.5 Å². The van der Waals surface area contributed by atoms with E-state index >= 15 is 0 Å². The Bertz CT molecular complexity index is 482. The van der Waals surface area contributed by atoms with Crippen LogP contribution in [0.2, 0.25) is 0 Å². The molecule has 0 saturated carbocycles. The van der Waals surface area contributed by atoms with Crippen LogP contribution >= 0.6 is 0 Å². The number of aryl methyl sites for hydroxylation is 1. The number of fused-ring (bicyclic) bond motifs is 1. The molecule has 1 nitrogen and oxygen atoms in total. The van der Waals surface area contributed by atoms with Gasteiger partial charge in [-0.15, -0.1) is 0 Å². The minimum atomic E-state index is 1.06. The van der Waals surface area contributed by atoms with Gasteiger partial charge in [0.2, 0.25) is 0 Å². The first-order valence-electron chi connectivity index (χ1n) is 7.02. The molecule has 1 aliphatic heterocycles. The SMILES string of the molecule is C=C1c2c(cccc2CC)C=C(CC)N1CCC. The highest BCUT2D eigenvalue weighted by atomic mass is 15.1. The smallest absolute Gasteiger partial charge is 0.0417 e. The number of allylic oxidation sites excluding steroid dienone is 1. The lowest BCUT2D eigenvalue weighted by atomic mass is 9.92. The Labute approximate surface area is 111 Å². The predicted molar refractivity (Wildman–Crippen MR) is 80.1 cm³/mol. The second-order valence-corrected chi connectivity index (χ2v) is 4.82. The highest BCUT2D eigenvalue weighted by Crippen LogP contribution is 2.35. The normalized spacial score (nSPS) is 14.5. The van der Waals surface area contributed by atoms with Gasteiger partial charge in [0.15, 0.2) is 0 Å². The molecule has 0 spiro atoms. The standard InChI is InChI=1S/C17H23N/c1-5-11-18-13(4)17-14(6-2)9-8-10-15(17)12-16(18)7-3/h8-10,12H,4-7,11H2,1-3H3. The molecular formula is C17H23N. The van der Waals surface area contributed by atoms with Crippen LogP contribution in [0.1, 0.15) is 50.3 Å². The van der Waals surface area contributed by atoms with Crippen molar-refractivity contribution in [2.24, 2.45) is 0 Å². The lowest BCUT2D eigenvalue weighted by Crippen LogP contribution is -2.25. The van der Waals surface area contributed by atoms with Crippen LogP contribution in [0.25, 0.3) is 11.8 Å². The quantitative estimate of drug-likeness (QED) is 0.738. The van der Waals surface area contributed by atoms with Gasteiger partial charge in [-0.05, 0) is 36.5 Å². The van der Waals surface area contributed by atoms with Gasteiger partial charge in [0, 0.05) is 23.5 Å². The summed E-state index contributed by atoms with van der Waals surface area (Å²) in [5, 5.41) is 0. The summed E-state index contributed by atoms with van der Waals surface area (Å²) in [5.74, 6) is 0. The third-order valence-electron chi connectivity index (χ3n) is 3.66.